The molecule has 0 saturated heterocycles. The summed E-state index contributed by atoms with van der Waals surface area (Å²) in [6.45, 7) is 4.00. The molecule has 0 bridgehead atoms. The molecule has 4 heterocycles. The molecule has 11 heteroatoms. The van der Waals surface area contributed by atoms with Gasteiger partial charge in [0.25, 0.3) is 0 Å². The zero-order chi connectivity index (χ0) is 23.3. The van der Waals surface area contributed by atoms with Crippen LogP contribution in [0.25, 0.3) is 17.0 Å². The molecule has 0 saturated carbocycles. The van der Waals surface area contributed by atoms with Crippen molar-refractivity contribution in [2.45, 2.75) is 20.0 Å². The summed E-state index contributed by atoms with van der Waals surface area (Å²) in [6.07, 6.45) is -0.172. The van der Waals surface area contributed by atoms with Crippen molar-refractivity contribution in [1.29, 1.82) is 0 Å². The monoisotopic (exact) mass is 444 g/mol. The molecular formula is C21H19F3N6O2. The maximum atomic E-state index is 13.0. The van der Waals surface area contributed by atoms with Gasteiger partial charge in [0.05, 0.1) is 12.8 Å². The summed E-state index contributed by atoms with van der Waals surface area (Å²) in [6, 6.07) is 8.46. The minimum atomic E-state index is -4.60. The summed E-state index contributed by atoms with van der Waals surface area (Å²) < 4.78 is 45.3. The highest BCUT2D eigenvalue weighted by molar-refractivity contribution is 5.96. The molecule has 1 N–H and O–H groups in total. The number of fused-ring (bicyclic) bond motifs is 1. The van der Waals surface area contributed by atoms with Gasteiger partial charge in [0.15, 0.2) is 5.82 Å². The number of hydrogen-bond acceptors (Lipinski definition) is 7. The zero-order valence-corrected chi connectivity index (χ0v) is 17.4. The number of esters is 1. The van der Waals surface area contributed by atoms with E-state index in [2.05, 4.69) is 25.4 Å². The SMILES string of the molecule is CC.COC(=O)c1cnccc1Nc1nc(-c2cccc(C(F)(F)F)n2)nn2cccc12. The maximum absolute atomic E-state index is 13.0. The van der Waals surface area contributed by atoms with Crippen LogP contribution in [0.5, 0.6) is 0 Å². The molecule has 0 amide bonds. The predicted octanol–water partition coefficient (Wildman–Crippen LogP) is 4.76. The molecule has 0 aliphatic heterocycles. The van der Waals surface area contributed by atoms with Crippen LogP contribution in [-0.4, -0.2) is 37.6 Å². The Morgan fingerprint density at radius 3 is 2.59 bits per heavy atom. The van der Waals surface area contributed by atoms with E-state index in [1.54, 1.807) is 24.4 Å². The van der Waals surface area contributed by atoms with Crippen molar-refractivity contribution in [2.24, 2.45) is 0 Å². The van der Waals surface area contributed by atoms with Gasteiger partial charge < -0.3 is 10.1 Å². The van der Waals surface area contributed by atoms with Gasteiger partial charge in [-0.1, -0.05) is 19.9 Å². The van der Waals surface area contributed by atoms with Crippen LogP contribution in [0, 0.1) is 0 Å². The number of ether oxygens (including phenoxy) is 1. The third-order valence-corrected chi connectivity index (χ3v) is 4.14. The number of nitrogens with one attached hydrogen (secondary N) is 1. The highest BCUT2D eigenvalue weighted by Gasteiger charge is 2.32. The number of aromatic nitrogens is 5. The summed E-state index contributed by atoms with van der Waals surface area (Å²) in [5.74, 6) is -0.368. The second-order valence-electron chi connectivity index (χ2n) is 6.07. The van der Waals surface area contributed by atoms with Crippen LogP contribution in [0.4, 0.5) is 24.7 Å². The van der Waals surface area contributed by atoms with Crippen LogP contribution in [0.1, 0.15) is 29.9 Å². The Morgan fingerprint density at radius 1 is 1.09 bits per heavy atom. The molecule has 166 valence electrons. The molecule has 0 spiro atoms. The van der Waals surface area contributed by atoms with Crippen molar-refractivity contribution in [1.82, 2.24) is 24.6 Å². The standard InChI is InChI=1S/C19H13F3N6O2.C2H6/c1-30-18(29)11-10-23-8-7-12(11)25-17-14-5-3-9-28(14)27-16(26-17)13-4-2-6-15(24-13)19(20,21)22;1-2/h2-10H,1H3,(H,23,25,26,27);1-2H3. The molecule has 4 aromatic rings. The number of halogens is 3. The first-order valence-corrected chi connectivity index (χ1v) is 9.56. The van der Waals surface area contributed by atoms with Gasteiger partial charge in [0.2, 0.25) is 5.82 Å². The molecular weight excluding hydrogens is 425 g/mol. The molecule has 0 aromatic carbocycles. The molecule has 0 fully saturated rings. The van der Waals surface area contributed by atoms with Gasteiger partial charge in [-0.25, -0.2) is 19.3 Å². The second kappa shape index (κ2) is 9.41. The second-order valence-corrected chi connectivity index (χ2v) is 6.07. The van der Waals surface area contributed by atoms with Gasteiger partial charge >= 0.3 is 12.1 Å². The lowest BCUT2D eigenvalue weighted by Crippen LogP contribution is -2.10. The summed E-state index contributed by atoms with van der Waals surface area (Å²) in [5.41, 5.74) is -0.0266. The zero-order valence-electron chi connectivity index (χ0n) is 17.4. The molecule has 0 atom stereocenters. The number of carbonyl (C=O) groups excluding carboxylic acids is 1. The van der Waals surface area contributed by atoms with Crippen molar-refractivity contribution in [2.75, 3.05) is 12.4 Å². The van der Waals surface area contributed by atoms with Crippen LogP contribution < -0.4 is 5.32 Å². The fourth-order valence-corrected chi connectivity index (χ4v) is 2.76. The Bertz CT molecular complexity index is 1240. The number of carbonyl (C=O) groups is 1. The van der Waals surface area contributed by atoms with Gasteiger partial charge in [-0.15, -0.1) is 5.10 Å². The van der Waals surface area contributed by atoms with Gasteiger partial charge in [-0.05, 0) is 30.3 Å². The first-order valence-electron chi connectivity index (χ1n) is 9.56. The van der Waals surface area contributed by atoms with Crippen LogP contribution in [0.3, 0.4) is 0 Å². The van der Waals surface area contributed by atoms with Gasteiger partial charge in [-0.3, -0.25) is 4.98 Å². The van der Waals surface area contributed by atoms with Crippen molar-refractivity contribution < 1.29 is 22.7 Å². The third-order valence-electron chi connectivity index (χ3n) is 4.14. The van der Waals surface area contributed by atoms with E-state index in [1.165, 1.54) is 36.2 Å². The van der Waals surface area contributed by atoms with E-state index in [1.807, 2.05) is 13.8 Å². The van der Waals surface area contributed by atoms with Crippen LogP contribution >= 0.6 is 0 Å². The Morgan fingerprint density at radius 2 is 1.88 bits per heavy atom. The Kier molecular flexibility index (Phi) is 6.67. The molecule has 4 rings (SSSR count). The molecule has 0 unspecified atom stereocenters. The summed E-state index contributed by atoms with van der Waals surface area (Å²) >= 11 is 0. The van der Waals surface area contributed by atoms with Crippen LogP contribution in [0.15, 0.2) is 55.0 Å². The van der Waals surface area contributed by atoms with E-state index >= 15 is 0 Å². The van der Waals surface area contributed by atoms with E-state index in [-0.39, 0.29) is 22.9 Å². The van der Waals surface area contributed by atoms with Gasteiger partial charge in [0, 0.05) is 18.6 Å². The van der Waals surface area contributed by atoms with E-state index in [4.69, 9.17) is 4.74 Å². The van der Waals surface area contributed by atoms with E-state index in [0.29, 0.717) is 11.2 Å². The third kappa shape index (κ3) is 4.66. The first-order chi connectivity index (χ1) is 15.4. The average molecular weight is 444 g/mol. The number of rotatable bonds is 4. The lowest BCUT2D eigenvalue weighted by molar-refractivity contribution is -0.141. The number of pyridine rings is 2. The molecule has 32 heavy (non-hydrogen) atoms. The van der Waals surface area contributed by atoms with E-state index < -0.39 is 17.8 Å². The minimum absolute atomic E-state index is 0.0269. The Balaban J connectivity index is 0.00000141. The summed E-state index contributed by atoms with van der Waals surface area (Å²) in [4.78, 5) is 23.9. The van der Waals surface area contributed by atoms with Crippen LogP contribution in [-0.2, 0) is 10.9 Å². The van der Waals surface area contributed by atoms with E-state index in [0.717, 1.165) is 6.07 Å². The highest BCUT2D eigenvalue weighted by atomic mass is 19.4. The highest BCUT2D eigenvalue weighted by Crippen LogP contribution is 2.30. The lowest BCUT2D eigenvalue weighted by atomic mass is 10.2. The van der Waals surface area contributed by atoms with Crippen molar-refractivity contribution >= 4 is 23.0 Å². The fraction of sp³-hybridized carbons (Fsp3) is 0.190. The summed E-state index contributed by atoms with van der Waals surface area (Å²) in [5, 5.41) is 7.25. The van der Waals surface area contributed by atoms with Crippen LogP contribution in [0.2, 0.25) is 0 Å². The largest absolute Gasteiger partial charge is 0.465 e. The number of hydrogen-bond donors (Lipinski definition) is 1. The number of nitrogens with zero attached hydrogens (tertiary/aromatic N) is 5. The normalized spacial score (nSPS) is 10.9. The Hall–Kier alpha value is -4.02. The molecule has 0 aliphatic carbocycles. The van der Waals surface area contributed by atoms with Gasteiger partial charge in [-0.2, -0.15) is 13.2 Å². The van der Waals surface area contributed by atoms with Crippen molar-refractivity contribution in [3.8, 4) is 11.5 Å². The van der Waals surface area contributed by atoms with Crippen molar-refractivity contribution in [3.05, 3.63) is 66.2 Å². The molecule has 4 aromatic heterocycles. The number of alkyl halides is 3. The summed E-state index contributed by atoms with van der Waals surface area (Å²) in [7, 11) is 1.24. The topological polar surface area (TPSA) is 94.3 Å². The number of anilines is 2. The minimum Gasteiger partial charge on any atom is -0.465 e. The first kappa shape index (κ1) is 22.7. The van der Waals surface area contributed by atoms with Gasteiger partial charge in [0.1, 0.15) is 22.5 Å². The molecule has 0 radical (unpaired) electrons. The smallest absolute Gasteiger partial charge is 0.433 e. The lowest BCUT2D eigenvalue weighted by Gasteiger charge is -2.12. The maximum Gasteiger partial charge on any atom is 0.433 e. The predicted molar refractivity (Wildman–Crippen MR) is 111 cm³/mol. The van der Waals surface area contributed by atoms with E-state index in [9.17, 15) is 18.0 Å². The quantitative estimate of drug-likeness (QED) is 0.454. The Labute approximate surface area is 181 Å². The number of methoxy groups -OCH3 is 1. The average Bonchev–Trinajstić information content (AvgIpc) is 3.29. The van der Waals surface area contributed by atoms with Crippen molar-refractivity contribution in [3.63, 3.8) is 0 Å². The molecule has 8 nitrogen and oxygen atoms in total. The molecule has 0 aliphatic rings. The fourth-order valence-electron chi connectivity index (χ4n) is 2.76.